The lowest BCUT2D eigenvalue weighted by atomic mass is 10.1. The molecule has 1 unspecified atom stereocenters. The first-order valence-corrected chi connectivity index (χ1v) is 14.4. The number of carbonyl (C=O) groups excluding carboxylic acids is 2. The standard InChI is InChI=1S/C30H37N3O5S/c1-6-28(30(35)31-22(2)3)32(20-24-11-10-14-26(19-24)38-5)29(34)21-33(25-12-8-7-9-13-25)39(36,37)27-17-15-23(4)16-18-27/h7-19,22,28H,6,20-21H2,1-5H3,(H,31,35). The fourth-order valence-electron chi connectivity index (χ4n) is 4.23. The third kappa shape index (κ3) is 7.60. The summed E-state index contributed by atoms with van der Waals surface area (Å²) in [6, 6.07) is 21.3. The van der Waals surface area contributed by atoms with Crippen molar-refractivity contribution in [2.75, 3.05) is 18.0 Å². The second-order valence-electron chi connectivity index (χ2n) is 9.62. The average molecular weight is 552 g/mol. The number of methoxy groups -OCH3 is 1. The van der Waals surface area contributed by atoms with Crippen LogP contribution >= 0.6 is 0 Å². The van der Waals surface area contributed by atoms with E-state index in [2.05, 4.69) is 5.32 Å². The highest BCUT2D eigenvalue weighted by Crippen LogP contribution is 2.25. The fraction of sp³-hybridized carbons (Fsp3) is 0.333. The largest absolute Gasteiger partial charge is 0.497 e. The second kappa shape index (κ2) is 13.3. The number of hydrogen-bond acceptors (Lipinski definition) is 5. The zero-order valence-electron chi connectivity index (χ0n) is 23.1. The van der Waals surface area contributed by atoms with Crippen LogP contribution in [0.2, 0.25) is 0 Å². The van der Waals surface area contributed by atoms with Gasteiger partial charge in [0.05, 0.1) is 17.7 Å². The minimum Gasteiger partial charge on any atom is -0.497 e. The highest BCUT2D eigenvalue weighted by atomic mass is 32.2. The van der Waals surface area contributed by atoms with Gasteiger partial charge in [-0.25, -0.2) is 8.42 Å². The van der Waals surface area contributed by atoms with Crippen LogP contribution in [-0.4, -0.2) is 50.9 Å². The number of ether oxygens (including phenoxy) is 1. The van der Waals surface area contributed by atoms with Gasteiger partial charge in [0.2, 0.25) is 11.8 Å². The van der Waals surface area contributed by atoms with Gasteiger partial charge in [-0.1, -0.05) is 55.0 Å². The van der Waals surface area contributed by atoms with Gasteiger partial charge >= 0.3 is 0 Å². The van der Waals surface area contributed by atoms with Crippen molar-refractivity contribution in [3.05, 3.63) is 90.0 Å². The maximum atomic E-state index is 14.0. The number of hydrogen-bond donors (Lipinski definition) is 1. The zero-order valence-corrected chi connectivity index (χ0v) is 23.9. The molecular weight excluding hydrogens is 514 g/mol. The average Bonchev–Trinajstić information content (AvgIpc) is 2.91. The monoisotopic (exact) mass is 551 g/mol. The molecule has 0 heterocycles. The Bertz CT molecular complexity index is 1360. The highest BCUT2D eigenvalue weighted by molar-refractivity contribution is 7.92. The number of nitrogens with one attached hydrogen (secondary N) is 1. The van der Waals surface area contributed by atoms with Crippen LogP contribution < -0.4 is 14.4 Å². The molecule has 208 valence electrons. The summed E-state index contributed by atoms with van der Waals surface area (Å²) in [5, 5.41) is 2.89. The van der Waals surface area contributed by atoms with Gasteiger partial charge in [-0.2, -0.15) is 0 Å². The van der Waals surface area contributed by atoms with E-state index in [1.54, 1.807) is 61.7 Å². The van der Waals surface area contributed by atoms with Crippen LogP contribution in [0.3, 0.4) is 0 Å². The van der Waals surface area contributed by atoms with E-state index in [1.165, 1.54) is 17.0 Å². The van der Waals surface area contributed by atoms with Crippen LogP contribution in [-0.2, 0) is 26.2 Å². The molecule has 0 aliphatic carbocycles. The maximum Gasteiger partial charge on any atom is 0.264 e. The fourth-order valence-corrected chi connectivity index (χ4v) is 5.64. The Morgan fingerprint density at radius 1 is 0.949 bits per heavy atom. The van der Waals surface area contributed by atoms with Gasteiger partial charge in [0.15, 0.2) is 0 Å². The molecular formula is C30H37N3O5S. The minimum absolute atomic E-state index is 0.0775. The van der Waals surface area contributed by atoms with Gasteiger partial charge in [-0.15, -0.1) is 0 Å². The van der Waals surface area contributed by atoms with Crippen molar-refractivity contribution in [2.45, 2.75) is 57.6 Å². The summed E-state index contributed by atoms with van der Waals surface area (Å²) in [7, 11) is -2.53. The number of benzene rings is 3. The van der Waals surface area contributed by atoms with Crippen molar-refractivity contribution in [2.24, 2.45) is 0 Å². The Labute approximate surface area is 231 Å². The molecule has 8 nitrogen and oxygen atoms in total. The Morgan fingerprint density at radius 3 is 2.21 bits per heavy atom. The van der Waals surface area contributed by atoms with Gasteiger partial charge < -0.3 is 15.0 Å². The van der Waals surface area contributed by atoms with Gasteiger partial charge in [0.1, 0.15) is 18.3 Å². The predicted octanol–water partition coefficient (Wildman–Crippen LogP) is 4.53. The number of amides is 2. The molecule has 0 radical (unpaired) electrons. The van der Waals surface area contributed by atoms with Gasteiger partial charge in [-0.3, -0.25) is 13.9 Å². The first kappa shape index (κ1) is 29.7. The molecule has 3 aromatic carbocycles. The Balaban J connectivity index is 2.04. The molecule has 3 aromatic rings. The third-order valence-electron chi connectivity index (χ3n) is 6.24. The van der Waals surface area contributed by atoms with Crippen molar-refractivity contribution >= 4 is 27.5 Å². The topological polar surface area (TPSA) is 96.0 Å². The number of rotatable bonds is 12. The van der Waals surface area contributed by atoms with E-state index in [1.807, 2.05) is 39.8 Å². The number of anilines is 1. The van der Waals surface area contributed by atoms with Crippen LogP contribution in [0.5, 0.6) is 5.75 Å². The van der Waals surface area contributed by atoms with E-state index >= 15 is 0 Å². The van der Waals surface area contributed by atoms with Crippen molar-refractivity contribution in [1.29, 1.82) is 0 Å². The lowest BCUT2D eigenvalue weighted by Crippen LogP contribution is -2.53. The molecule has 1 atom stereocenters. The molecule has 0 aliphatic rings. The first-order chi connectivity index (χ1) is 18.6. The van der Waals surface area contributed by atoms with E-state index in [0.717, 1.165) is 15.4 Å². The summed E-state index contributed by atoms with van der Waals surface area (Å²) in [5.74, 6) is -0.174. The predicted molar refractivity (Wildman–Crippen MR) is 153 cm³/mol. The number of nitrogens with zero attached hydrogens (tertiary/aromatic N) is 2. The lowest BCUT2D eigenvalue weighted by molar-refractivity contribution is -0.140. The number of aryl methyl sites for hydroxylation is 1. The van der Waals surface area contributed by atoms with Gasteiger partial charge in [-0.05, 0) is 69.2 Å². The molecule has 0 spiro atoms. The van der Waals surface area contributed by atoms with Crippen LogP contribution in [0.4, 0.5) is 5.69 Å². The molecule has 0 fully saturated rings. The summed E-state index contributed by atoms with van der Waals surface area (Å²) < 4.78 is 34.1. The molecule has 0 saturated heterocycles. The first-order valence-electron chi connectivity index (χ1n) is 12.9. The smallest absolute Gasteiger partial charge is 0.264 e. The number of sulfonamides is 1. The van der Waals surface area contributed by atoms with Crippen LogP contribution in [0.1, 0.15) is 38.3 Å². The minimum atomic E-state index is -4.09. The lowest BCUT2D eigenvalue weighted by Gasteiger charge is -2.33. The molecule has 2 amide bonds. The van der Waals surface area contributed by atoms with Crippen molar-refractivity contribution < 1.29 is 22.7 Å². The quantitative estimate of drug-likeness (QED) is 0.357. The summed E-state index contributed by atoms with van der Waals surface area (Å²) >= 11 is 0. The molecule has 1 N–H and O–H groups in total. The van der Waals surface area contributed by atoms with Crippen molar-refractivity contribution in [3.63, 3.8) is 0 Å². The summed E-state index contributed by atoms with van der Waals surface area (Å²) in [6.07, 6.45) is 0.351. The normalized spacial score (nSPS) is 12.1. The molecule has 9 heteroatoms. The van der Waals surface area contributed by atoms with Crippen LogP contribution in [0.15, 0.2) is 83.8 Å². The molecule has 0 aliphatic heterocycles. The van der Waals surface area contributed by atoms with Crippen LogP contribution in [0, 0.1) is 6.92 Å². The van der Waals surface area contributed by atoms with E-state index < -0.39 is 28.5 Å². The summed E-state index contributed by atoms with van der Waals surface area (Å²) in [6.45, 7) is 7.03. The van der Waals surface area contributed by atoms with Crippen molar-refractivity contribution in [3.8, 4) is 5.75 Å². The molecule has 0 aromatic heterocycles. The van der Waals surface area contributed by atoms with E-state index in [0.29, 0.717) is 17.9 Å². The van der Waals surface area contributed by atoms with Crippen LogP contribution in [0.25, 0.3) is 0 Å². The van der Waals surface area contributed by atoms with E-state index in [-0.39, 0.29) is 23.4 Å². The summed E-state index contributed by atoms with van der Waals surface area (Å²) in [4.78, 5) is 28.7. The highest BCUT2D eigenvalue weighted by Gasteiger charge is 2.33. The van der Waals surface area contributed by atoms with Gasteiger partial charge in [0, 0.05) is 12.6 Å². The van der Waals surface area contributed by atoms with E-state index in [4.69, 9.17) is 4.74 Å². The zero-order chi connectivity index (χ0) is 28.6. The molecule has 39 heavy (non-hydrogen) atoms. The van der Waals surface area contributed by atoms with Gasteiger partial charge in [0.25, 0.3) is 10.0 Å². The maximum absolute atomic E-state index is 14.0. The second-order valence-corrected chi connectivity index (χ2v) is 11.5. The van der Waals surface area contributed by atoms with E-state index in [9.17, 15) is 18.0 Å². The third-order valence-corrected chi connectivity index (χ3v) is 8.02. The number of para-hydroxylation sites is 1. The number of carbonyl (C=O) groups is 2. The Morgan fingerprint density at radius 2 is 1.62 bits per heavy atom. The SMILES string of the molecule is CCC(C(=O)NC(C)C)N(Cc1cccc(OC)c1)C(=O)CN(c1ccccc1)S(=O)(=O)c1ccc(C)cc1. The van der Waals surface area contributed by atoms with Crippen molar-refractivity contribution in [1.82, 2.24) is 10.2 Å². The molecule has 0 saturated carbocycles. The summed E-state index contributed by atoms with van der Waals surface area (Å²) in [5.41, 5.74) is 2.03. The Kier molecular flexibility index (Phi) is 10.1. The molecule has 3 rings (SSSR count). The Hall–Kier alpha value is -3.85. The molecule has 0 bridgehead atoms.